The minimum atomic E-state index is -0.538. The third-order valence-electron chi connectivity index (χ3n) is 5.11. The van der Waals surface area contributed by atoms with Crippen LogP contribution in [0.5, 0.6) is 11.8 Å². The Bertz CT molecular complexity index is 1440. The summed E-state index contributed by atoms with van der Waals surface area (Å²) in [6.07, 6.45) is 0.748. The highest BCUT2D eigenvalue weighted by Gasteiger charge is 2.16. The van der Waals surface area contributed by atoms with Crippen LogP contribution in [-0.2, 0) is 9.59 Å². The molecule has 0 bridgehead atoms. The van der Waals surface area contributed by atoms with Crippen LogP contribution in [0.4, 0.5) is 11.4 Å². The second-order valence-electron chi connectivity index (χ2n) is 7.66. The molecule has 0 unspecified atom stereocenters. The van der Waals surface area contributed by atoms with Crippen molar-refractivity contribution in [3.8, 4) is 11.8 Å². The first kappa shape index (κ1) is 25.9. The number of hydrogen-bond acceptors (Lipinski definition) is 6. The van der Waals surface area contributed by atoms with Gasteiger partial charge in [-0.3, -0.25) is 9.59 Å². The minimum absolute atomic E-state index is 0.0266. The molecular weight excluding hydrogens is 554 g/mol. The molecule has 4 rings (SSSR count). The number of carbonyl (C=O) groups excluding carboxylic acids is 2. The summed E-state index contributed by atoms with van der Waals surface area (Å²) in [5.74, 6) is -1.67. The zero-order chi connectivity index (χ0) is 26.0. The standard InChI is InChI=1S/C22H16Cl4N6O4/c23-9-5-11-17(13(25)7-9)27-21(35)19(11)31-29-15(33)3-1-2-4-16(34)30-32-20-12-6-10(24)8-14(26)18(12)28-22(20)36/h5-8,27-28,35-36H,1-4H2. The quantitative estimate of drug-likeness (QED) is 0.131. The number of nitrogens with zero attached hydrogens (tertiary/aromatic N) is 4. The molecule has 10 nitrogen and oxygen atoms in total. The van der Waals surface area contributed by atoms with Gasteiger partial charge in [0, 0.05) is 33.7 Å². The largest absolute Gasteiger partial charge is 0.493 e. The van der Waals surface area contributed by atoms with E-state index in [0.717, 1.165) is 0 Å². The number of amides is 2. The SMILES string of the molecule is O=C(CCCCC(=O)N=Nc1c(O)[nH]c2c(Cl)cc(Cl)cc12)N=Nc1c(O)[nH]c2c(Cl)cc(Cl)cc12. The van der Waals surface area contributed by atoms with Gasteiger partial charge in [0.2, 0.25) is 11.8 Å². The van der Waals surface area contributed by atoms with E-state index in [1.165, 1.54) is 24.3 Å². The summed E-state index contributed by atoms with van der Waals surface area (Å²) in [6.45, 7) is 0. The summed E-state index contributed by atoms with van der Waals surface area (Å²) >= 11 is 24.1. The maximum absolute atomic E-state index is 12.1. The number of halogens is 4. The molecule has 2 heterocycles. The number of carbonyl (C=O) groups is 2. The first-order valence-electron chi connectivity index (χ1n) is 10.4. The zero-order valence-electron chi connectivity index (χ0n) is 18.1. The number of rotatable bonds is 7. The van der Waals surface area contributed by atoms with E-state index in [9.17, 15) is 19.8 Å². The van der Waals surface area contributed by atoms with Crippen LogP contribution in [-0.4, -0.2) is 32.0 Å². The van der Waals surface area contributed by atoms with Gasteiger partial charge in [-0.2, -0.15) is 0 Å². The summed E-state index contributed by atoms with van der Waals surface area (Å²) in [5.41, 5.74) is 0.919. The number of nitrogens with one attached hydrogen (secondary N) is 2. The van der Waals surface area contributed by atoms with E-state index in [4.69, 9.17) is 46.4 Å². The molecule has 14 heteroatoms. The van der Waals surface area contributed by atoms with Crippen LogP contribution >= 0.6 is 46.4 Å². The van der Waals surface area contributed by atoms with Crippen LogP contribution in [0.25, 0.3) is 21.8 Å². The Balaban J connectivity index is 1.30. The fourth-order valence-electron chi connectivity index (χ4n) is 3.45. The molecule has 0 radical (unpaired) electrons. The predicted octanol–water partition coefficient (Wildman–Crippen LogP) is 8.16. The van der Waals surface area contributed by atoms with Gasteiger partial charge < -0.3 is 20.2 Å². The summed E-state index contributed by atoms with van der Waals surface area (Å²) < 4.78 is 0. The van der Waals surface area contributed by atoms with Crippen molar-refractivity contribution in [1.29, 1.82) is 0 Å². The summed E-state index contributed by atoms with van der Waals surface area (Å²) in [4.78, 5) is 29.5. The Hall–Kier alpha value is -3.18. The smallest absolute Gasteiger partial charge is 0.264 e. The van der Waals surface area contributed by atoms with E-state index in [1.54, 1.807) is 0 Å². The summed E-state index contributed by atoms with van der Waals surface area (Å²) in [5, 5.41) is 37.1. The lowest BCUT2D eigenvalue weighted by Gasteiger charge is -1.97. The first-order valence-corrected chi connectivity index (χ1v) is 11.9. The number of unbranched alkanes of at least 4 members (excludes halogenated alkanes) is 1. The monoisotopic (exact) mass is 568 g/mol. The number of aromatic nitrogens is 2. The van der Waals surface area contributed by atoms with Crippen molar-refractivity contribution in [1.82, 2.24) is 9.97 Å². The molecule has 0 fully saturated rings. The number of benzene rings is 2. The van der Waals surface area contributed by atoms with Crippen LogP contribution in [0.15, 0.2) is 44.7 Å². The summed E-state index contributed by atoms with van der Waals surface area (Å²) in [7, 11) is 0. The van der Waals surface area contributed by atoms with Crippen LogP contribution in [0.2, 0.25) is 20.1 Å². The van der Waals surface area contributed by atoms with Crippen molar-refractivity contribution in [3.63, 3.8) is 0 Å². The third-order valence-corrected chi connectivity index (χ3v) is 6.14. The topological polar surface area (TPSA) is 156 Å². The minimum Gasteiger partial charge on any atom is -0.493 e. The fraction of sp³-hybridized carbons (Fsp3) is 0.182. The van der Waals surface area contributed by atoms with E-state index in [2.05, 4.69) is 30.4 Å². The van der Waals surface area contributed by atoms with Crippen LogP contribution in [0.3, 0.4) is 0 Å². The fourth-order valence-corrected chi connectivity index (χ4v) is 4.53. The number of hydrogen-bond donors (Lipinski definition) is 4. The lowest BCUT2D eigenvalue weighted by molar-refractivity contribution is -0.120. The molecule has 0 atom stereocenters. The van der Waals surface area contributed by atoms with Crippen molar-refractivity contribution >= 4 is 91.4 Å². The molecule has 0 aliphatic heterocycles. The summed E-state index contributed by atoms with van der Waals surface area (Å²) in [6, 6.07) is 6.08. The van der Waals surface area contributed by atoms with Gasteiger partial charge in [-0.05, 0) is 37.1 Å². The number of H-pyrrole nitrogens is 2. The molecular formula is C22H16Cl4N6O4. The van der Waals surface area contributed by atoms with Gasteiger partial charge in [0.15, 0.2) is 11.4 Å². The van der Waals surface area contributed by atoms with E-state index >= 15 is 0 Å². The molecule has 0 aliphatic carbocycles. The number of fused-ring (bicyclic) bond motifs is 2. The highest BCUT2D eigenvalue weighted by molar-refractivity contribution is 6.39. The van der Waals surface area contributed by atoms with Gasteiger partial charge in [-0.1, -0.05) is 46.4 Å². The second-order valence-corrected chi connectivity index (χ2v) is 9.35. The normalized spacial score (nSPS) is 12.0. The average Bonchev–Trinajstić information content (AvgIpc) is 3.29. The van der Waals surface area contributed by atoms with Crippen molar-refractivity contribution in [2.75, 3.05) is 0 Å². The Morgan fingerprint density at radius 2 is 1.08 bits per heavy atom. The molecule has 0 spiro atoms. The van der Waals surface area contributed by atoms with Gasteiger partial charge in [0.05, 0.1) is 21.1 Å². The zero-order valence-corrected chi connectivity index (χ0v) is 21.2. The molecule has 186 valence electrons. The van der Waals surface area contributed by atoms with Crippen molar-refractivity contribution in [2.24, 2.45) is 20.5 Å². The Labute approximate surface area is 222 Å². The molecule has 36 heavy (non-hydrogen) atoms. The number of aromatic amines is 2. The molecule has 4 N–H and O–H groups in total. The Morgan fingerprint density at radius 1 is 0.694 bits per heavy atom. The predicted molar refractivity (Wildman–Crippen MR) is 137 cm³/mol. The molecule has 0 saturated heterocycles. The van der Waals surface area contributed by atoms with Gasteiger partial charge >= 0.3 is 0 Å². The maximum atomic E-state index is 12.1. The van der Waals surface area contributed by atoms with Crippen molar-refractivity contribution < 1.29 is 19.8 Å². The van der Waals surface area contributed by atoms with Gasteiger partial charge in [0.1, 0.15) is 0 Å². The van der Waals surface area contributed by atoms with E-state index in [0.29, 0.717) is 44.7 Å². The van der Waals surface area contributed by atoms with Crippen molar-refractivity contribution in [2.45, 2.75) is 25.7 Å². The number of azo groups is 2. The van der Waals surface area contributed by atoms with E-state index in [-0.39, 0.29) is 46.0 Å². The van der Waals surface area contributed by atoms with Crippen molar-refractivity contribution in [3.05, 3.63) is 44.4 Å². The van der Waals surface area contributed by atoms with Gasteiger partial charge in [0.25, 0.3) is 11.8 Å². The van der Waals surface area contributed by atoms with Gasteiger partial charge in [-0.15, -0.1) is 20.5 Å². The lowest BCUT2D eigenvalue weighted by Crippen LogP contribution is -1.95. The highest BCUT2D eigenvalue weighted by Crippen LogP contribution is 2.41. The molecule has 4 aromatic rings. The van der Waals surface area contributed by atoms with Gasteiger partial charge in [-0.25, -0.2) is 0 Å². The van der Waals surface area contributed by atoms with Crippen LogP contribution in [0, 0.1) is 0 Å². The Morgan fingerprint density at radius 3 is 1.47 bits per heavy atom. The lowest BCUT2D eigenvalue weighted by atomic mass is 10.2. The van der Waals surface area contributed by atoms with E-state index < -0.39 is 11.8 Å². The van der Waals surface area contributed by atoms with Crippen LogP contribution in [0.1, 0.15) is 25.7 Å². The van der Waals surface area contributed by atoms with Crippen LogP contribution < -0.4 is 0 Å². The molecule has 0 aliphatic rings. The maximum Gasteiger partial charge on any atom is 0.264 e. The number of aromatic hydroxyl groups is 2. The average molecular weight is 570 g/mol. The molecule has 0 saturated carbocycles. The molecule has 2 aromatic carbocycles. The third kappa shape index (κ3) is 5.62. The van der Waals surface area contributed by atoms with E-state index in [1.807, 2.05) is 0 Å². The highest BCUT2D eigenvalue weighted by atomic mass is 35.5. The molecule has 2 amide bonds. The second kappa shape index (κ2) is 10.8. The molecule has 2 aromatic heterocycles. The Kier molecular flexibility index (Phi) is 7.79. The first-order chi connectivity index (χ1) is 17.1.